The van der Waals surface area contributed by atoms with Crippen LogP contribution in [0.4, 0.5) is 0 Å². The number of rotatable bonds is 5. The summed E-state index contributed by atoms with van der Waals surface area (Å²) in [5, 5.41) is 16.4. The molecule has 1 amide bonds. The van der Waals surface area contributed by atoms with Crippen LogP contribution in [0.2, 0.25) is 0 Å². The van der Waals surface area contributed by atoms with Crippen molar-refractivity contribution in [2.24, 2.45) is 5.10 Å². The number of carbonyl (C=O) groups is 1. The quantitative estimate of drug-likeness (QED) is 0.419. The number of phenols is 1. The van der Waals surface area contributed by atoms with E-state index in [4.69, 9.17) is 0 Å². The van der Waals surface area contributed by atoms with Crippen molar-refractivity contribution >= 4 is 34.7 Å². The monoisotopic (exact) mass is 351 g/mol. The van der Waals surface area contributed by atoms with Crippen LogP contribution < -0.4 is 5.43 Å². The summed E-state index contributed by atoms with van der Waals surface area (Å²) in [4.78, 5) is 16.3. The molecular formula is C19H17N3O2S. The predicted octanol–water partition coefficient (Wildman–Crippen LogP) is 3.57. The molecule has 3 rings (SSSR count). The van der Waals surface area contributed by atoms with E-state index in [1.165, 1.54) is 18.0 Å². The molecule has 126 valence electrons. The van der Waals surface area contributed by atoms with Gasteiger partial charge in [-0.2, -0.15) is 5.10 Å². The zero-order chi connectivity index (χ0) is 17.6. The SMILES string of the molecule is C[C@H](Sc1ccccn1)C(=O)N/N=C\c1c(O)ccc2ccccc12. The Morgan fingerprint density at radius 1 is 1.20 bits per heavy atom. The van der Waals surface area contributed by atoms with E-state index in [2.05, 4.69) is 15.5 Å². The molecule has 5 nitrogen and oxygen atoms in total. The highest BCUT2D eigenvalue weighted by molar-refractivity contribution is 8.00. The second-order valence-electron chi connectivity index (χ2n) is 5.38. The summed E-state index contributed by atoms with van der Waals surface area (Å²) < 4.78 is 0. The van der Waals surface area contributed by atoms with Crippen LogP contribution in [0, 0.1) is 0 Å². The number of benzene rings is 2. The highest BCUT2D eigenvalue weighted by Gasteiger charge is 2.14. The highest BCUT2D eigenvalue weighted by atomic mass is 32.2. The first-order valence-electron chi connectivity index (χ1n) is 7.76. The van der Waals surface area contributed by atoms with Crippen molar-refractivity contribution in [2.75, 3.05) is 0 Å². The fourth-order valence-corrected chi connectivity index (χ4v) is 3.12. The van der Waals surface area contributed by atoms with E-state index < -0.39 is 0 Å². The Morgan fingerprint density at radius 3 is 2.80 bits per heavy atom. The zero-order valence-electron chi connectivity index (χ0n) is 13.6. The second-order valence-corrected chi connectivity index (χ2v) is 6.74. The Bertz CT molecular complexity index is 913. The van der Waals surface area contributed by atoms with Gasteiger partial charge in [0.1, 0.15) is 5.75 Å². The maximum atomic E-state index is 12.2. The topological polar surface area (TPSA) is 74.6 Å². The molecule has 0 spiro atoms. The van der Waals surface area contributed by atoms with Crippen LogP contribution in [0.15, 0.2) is 70.9 Å². The molecule has 0 aliphatic heterocycles. The van der Waals surface area contributed by atoms with Crippen molar-refractivity contribution in [3.8, 4) is 5.75 Å². The standard InChI is InChI=1S/C19H17N3O2S/c1-13(25-18-8-4-5-11-20-18)19(24)22-21-12-16-15-7-3-2-6-14(15)9-10-17(16)23/h2-13,23H,1H3,(H,22,24)/b21-12-/t13-/m0/s1. The molecule has 0 saturated carbocycles. The van der Waals surface area contributed by atoms with Crippen LogP contribution in [-0.2, 0) is 4.79 Å². The van der Waals surface area contributed by atoms with Gasteiger partial charge < -0.3 is 5.11 Å². The van der Waals surface area contributed by atoms with E-state index in [0.717, 1.165) is 15.8 Å². The molecule has 25 heavy (non-hydrogen) atoms. The van der Waals surface area contributed by atoms with Crippen molar-refractivity contribution < 1.29 is 9.90 Å². The lowest BCUT2D eigenvalue weighted by molar-refractivity contribution is -0.120. The van der Waals surface area contributed by atoms with Crippen LogP contribution in [0.3, 0.4) is 0 Å². The molecule has 2 aromatic carbocycles. The van der Waals surface area contributed by atoms with Crippen molar-refractivity contribution in [3.05, 3.63) is 66.4 Å². The molecule has 0 saturated heterocycles. The highest BCUT2D eigenvalue weighted by Crippen LogP contribution is 2.25. The number of aromatic hydroxyl groups is 1. The van der Waals surface area contributed by atoms with E-state index in [1.807, 2.05) is 48.5 Å². The van der Waals surface area contributed by atoms with Crippen molar-refractivity contribution in [3.63, 3.8) is 0 Å². The number of phenolic OH excluding ortho intramolecular Hbond substituents is 1. The average molecular weight is 351 g/mol. The predicted molar refractivity (Wildman–Crippen MR) is 101 cm³/mol. The molecule has 2 N–H and O–H groups in total. The minimum atomic E-state index is -0.340. The van der Waals surface area contributed by atoms with Crippen LogP contribution in [0.25, 0.3) is 10.8 Å². The summed E-state index contributed by atoms with van der Waals surface area (Å²) in [7, 11) is 0. The smallest absolute Gasteiger partial charge is 0.253 e. The first kappa shape index (κ1) is 17.0. The molecule has 3 aromatic rings. The van der Waals surface area contributed by atoms with Crippen LogP contribution >= 0.6 is 11.8 Å². The average Bonchev–Trinajstić information content (AvgIpc) is 2.64. The number of aromatic nitrogens is 1. The third-order valence-electron chi connectivity index (χ3n) is 3.62. The van der Waals surface area contributed by atoms with Crippen LogP contribution in [0.5, 0.6) is 5.75 Å². The van der Waals surface area contributed by atoms with Gasteiger partial charge in [0.05, 0.1) is 16.5 Å². The molecule has 6 heteroatoms. The van der Waals surface area contributed by atoms with E-state index in [9.17, 15) is 9.90 Å². The van der Waals surface area contributed by atoms with Gasteiger partial charge in [0.25, 0.3) is 5.91 Å². The van der Waals surface area contributed by atoms with Crippen molar-refractivity contribution in [2.45, 2.75) is 17.2 Å². The molecule has 0 aliphatic carbocycles. The Labute approximate surface area is 149 Å². The molecule has 0 unspecified atom stereocenters. The molecule has 0 aliphatic rings. The van der Waals surface area contributed by atoms with E-state index in [0.29, 0.717) is 5.56 Å². The van der Waals surface area contributed by atoms with Gasteiger partial charge in [-0.25, -0.2) is 10.4 Å². The van der Waals surface area contributed by atoms with Gasteiger partial charge in [0.2, 0.25) is 0 Å². The number of carbonyl (C=O) groups excluding carboxylic acids is 1. The number of hydrogen-bond donors (Lipinski definition) is 2. The summed E-state index contributed by atoms with van der Waals surface area (Å²) >= 11 is 1.36. The molecular weight excluding hydrogens is 334 g/mol. The summed E-state index contributed by atoms with van der Waals surface area (Å²) in [5.41, 5.74) is 3.09. The summed E-state index contributed by atoms with van der Waals surface area (Å²) in [6, 6.07) is 16.7. The number of amides is 1. The molecule has 1 heterocycles. The van der Waals surface area contributed by atoms with Gasteiger partial charge in [-0.05, 0) is 35.9 Å². The first-order valence-corrected chi connectivity index (χ1v) is 8.64. The number of hydrogen-bond acceptors (Lipinski definition) is 5. The fraction of sp³-hybridized carbons (Fsp3) is 0.105. The lowest BCUT2D eigenvalue weighted by atomic mass is 10.0. The van der Waals surface area contributed by atoms with Gasteiger partial charge >= 0.3 is 0 Å². The van der Waals surface area contributed by atoms with Crippen LogP contribution in [-0.4, -0.2) is 27.5 Å². The summed E-state index contributed by atoms with van der Waals surface area (Å²) in [6.07, 6.45) is 3.15. The number of hydrazone groups is 1. The molecule has 1 atom stereocenters. The van der Waals surface area contributed by atoms with Gasteiger partial charge in [0.15, 0.2) is 0 Å². The third-order valence-corrected chi connectivity index (χ3v) is 4.67. The van der Waals surface area contributed by atoms with Gasteiger partial charge in [0, 0.05) is 11.8 Å². The molecule has 0 radical (unpaired) electrons. The Kier molecular flexibility index (Phi) is 5.30. The maximum Gasteiger partial charge on any atom is 0.253 e. The molecule has 0 bridgehead atoms. The third kappa shape index (κ3) is 4.16. The van der Waals surface area contributed by atoms with Crippen molar-refractivity contribution in [1.29, 1.82) is 0 Å². The lowest BCUT2D eigenvalue weighted by Crippen LogP contribution is -2.26. The lowest BCUT2D eigenvalue weighted by Gasteiger charge is -2.08. The molecule has 0 fully saturated rings. The van der Waals surface area contributed by atoms with Gasteiger partial charge in [-0.1, -0.05) is 48.2 Å². The van der Waals surface area contributed by atoms with Crippen molar-refractivity contribution in [1.82, 2.24) is 10.4 Å². The fourth-order valence-electron chi connectivity index (χ4n) is 2.32. The first-order chi connectivity index (χ1) is 12.1. The minimum Gasteiger partial charge on any atom is -0.507 e. The van der Waals surface area contributed by atoms with E-state index in [-0.39, 0.29) is 16.9 Å². The van der Waals surface area contributed by atoms with Gasteiger partial charge in [-0.3, -0.25) is 4.79 Å². The van der Waals surface area contributed by atoms with E-state index >= 15 is 0 Å². The number of pyridine rings is 1. The zero-order valence-corrected chi connectivity index (χ0v) is 14.4. The van der Waals surface area contributed by atoms with Gasteiger partial charge in [-0.15, -0.1) is 0 Å². The number of nitrogens with one attached hydrogen (secondary N) is 1. The largest absolute Gasteiger partial charge is 0.507 e. The number of nitrogens with zero attached hydrogens (tertiary/aromatic N) is 2. The Hall–Kier alpha value is -2.86. The maximum absolute atomic E-state index is 12.2. The number of fused-ring (bicyclic) bond motifs is 1. The minimum absolute atomic E-state index is 0.118. The summed E-state index contributed by atoms with van der Waals surface area (Å²) in [5.74, 6) is -0.112. The molecule has 1 aromatic heterocycles. The normalized spacial score (nSPS) is 12.4. The Balaban J connectivity index is 1.69. The van der Waals surface area contributed by atoms with Crippen LogP contribution in [0.1, 0.15) is 12.5 Å². The Morgan fingerprint density at radius 2 is 2.00 bits per heavy atom. The summed E-state index contributed by atoms with van der Waals surface area (Å²) in [6.45, 7) is 1.79. The second kappa shape index (κ2) is 7.81. The van der Waals surface area contributed by atoms with E-state index in [1.54, 1.807) is 19.2 Å². The number of thioether (sulfide) groups is 1.